The van der Waals surface area contributed by atoms with E-state index in [-0.39, 0.29) is 5.91 Å². The van der Waals surface area contributed by atoms with Crippen molar-refractivity contribution in [2.75, 3.05) is 10.6 Å². The molecule has 0 spiro atoms. The van der Waals surface area contributed by atoms with Crippen LogP contribution in [0.1, 0.15) is 57.9 Å². The Morgan fingerprint density at radius 2 is 2.00 bits per heavy atom. The smallest absolute Gasteiger partial charge is 0.224 e. The van der Waals surface area contributed by atoms with Gasteiger partial charge in [-0.05, 0) is 43.4 Å². The second-order valence-corrected chi connectivity index (χ2v) is 6.16. The quantitative estimate of drug-likeness (QED) is 0.822. The highest BCUT2D eigenvalue weighted by Gasteiger charge is 2.21. The van der Waals surface area contributed by atoms with Crippen molar-refractivity contribution >= 4 is 17.3 Å². The largest absolute Gasteiger partial charge is 0.382 e. The van der Waals surface area contributed by atoms with E-state index < -0.39 is 0 Å². The summed E-state index contributed by atoms with van der Waals surface area (Å²) < 4.78 is 0. The predicted molar refractivity (Wildman–Crippen MR) is 89.8 cm³/mol. The number of carbonyl (C=O) groups excluding carboxylic acids is 1. The fraction of sp³-hybridized carbons (Fsp3) is 0.611. The monoisotopic (exact) mass is 288 g/mol. The Kier molecular flexibility index (Phi) is 5.66. The van der Waals surface area contributed by atoms with Crippen LogP contribution in [-0.4, -0.2) is 11.9 Å². The maximum atomic E-state index is 11.6. The molecule has 2 atom stereocenters. The molecule has 0 radical (unpaired) electrons. The van der Waals surface area contributed by atoms with Crippen molar-refractivity contribution in [3.8, 4) is 0 Å². The molecule has 3 nitrogen and oxygen atoms in total. The van der Waals surface area contributed by atoms with E-state index in [4.69, 9.17) is 0 Å². The molecule has 1 aromatic rings. The molecule has 2 unspecified atom stereocenters. The highest BCUT2D eigenvalue weighted by atomic mass is 16.1. The van der Waals surface area contributed by atoms with Gasteiger partial charge in [0.05, 0.1) is 0 Å². The molecule has 1 aromatic carbocycles. The van der Waals surface area contributed by atoms with Gasteiger partial charge in [-0.15, -0.1) is 0 Å². The summed E-state index contributed by atoms with van der Waals surface area (Å²) in [5.74, 6) is 0.929. The van der Waals surface area contributed by atoms with Gasteiger partial charge >= 0.3 is 0 Å². The summed E-state index contributed by atoms with van der Waals surface area (Å²) in [6, 6.07) is 6.68. The molecule has 2 N–H and O–H groups in total. The van der Waals surface area contributed by atoms with Gasteiger partial charge in [0.25, 0.3) is 0 Å². The predicted octanol–water partition coefficient (Wildman–Crippen LogP) is 4.72. The van der Waals surface area contributed by atoms with Crippen molar-refractivity contribution in [2.24, 2.45) is 5.92 Å². The van der Waals surface area contributed by atoms with E-state index in [0.29, 0.717) is 12.5 Å². The standard InChI is InChI=1S/C18H28N2O/c1-4-14-8-6-9-15(12-14)19-16-10-7-11-17(13(16)3)20-18(21)5-2/h7,10-11,14-15,19H,4-6,8-9,12H2,1-3H3,(H,20,21). The van der Waals surface area contributed by atoms with Crippen LogP contribution in [0.25, 0.3) is 0 Å². The molecule has 0 aliphatic heterocycles. The molecule has 1 aliphatic rings. The summed E-state index contributed by atoms with van der Waals surface area (Å²) in [5, 5.41) is 6.67. The number of anilines is 2. The third-order valence-corrected chi connectivity index (χ3v) is 4.65. The first-order chi connectivity index (χ1) is 10.1. The highest BCUT2D eigenvalue weighted by Crippen LogP contribution is 2.31. The lowest BCUT2D eigenvalue weighted by molar-refractivity contribution is -0.115. The van der Waals surface area contributed by atoms with Gasteiger partial charge in [0.1, 0.15) is 0 Å². The van der Waals surface area contributed by atoms with Crippen molar-refractivity contribution in [3.05, 3.63) is 23.8 Å². The fourth-order valence-electron chi connectivity index (χ4n) is 3.18. The fourth-order valence-corrected chi connectivity index (χ4v) is 3.18. The van der Waals surface area contributed by atoms with Gasteiger partial charge in [0.15, 0.2) is 0 Å². The summed E-state index contributed by atoms with van der Waals surface area (Å²) >= 11 is 0. The van der Waals surface area contributed by atoms with E-state index in [0.717, 1.165) is 22.9 Å². The summed E-state index contributed by atoms with van der Waals surface area (Å²) in [4.78, 5) is 11.6. The molecular weight excluding hydrogens is 260 g/mol. The second kappa shape index (κ2) is 7.48. The van der Waals surface area contributed by atoms with Gasteiger partial charge in [-0.3, -0.25) is 4.79 Å². The van der Waals surface area contributed by atoms with Crippen LogP contribution >= 0.6 is 0 Å². The van der Waals surface area contributed by atoms with Crippen LogP contribution in [0.15, 0.2) is 18.2 Å². The van der Waals surface area contributed by atoms with Gasteiger partial charge in [0.2, 0.25) is 5.91 Å². The average Bonchev–Trinajstić information content (AvgIpc) is 2.51. The Hall–Kier alpha value is -1.51. The zero-order valence-electron chi connectivity index (χ0n) is 13.5. The molecule has 1 amide bonds. The summed E-state index contributed by atoms with van der Waals surface area (Å²) in [6.07, 6.45) is 7.01. The number of benzene rings is 1. The average molecular weight is 288 g/mol. The zero-order valence-corrected chi connectivity index (χ0v) is 13.5. The second-order valence-electron chi connectivity index (χ2n) is 6.16. The Morgan fingerprint density at radius 1 is 1.24 bits per heavy atom. The lowest BCUT2D eigenvalue weighted by Gasteiger charge is -2.30. The summed E-state index contributed by atoms with van der Waals surface area (Å²) in [6.45, 7) is 6.24. The van der Waals surface area contributed by atoms with E-state index in [1.807, 2.05) is 19.1 Å². The molecule has 0 aromatic heterocycles. The van der Waals surface area contributed by atoms with Crippen molar-refractivity contribution < 1.29 is 4.79 Å². The van der Waals surface area contributed by atoms with E-state index in [2.05, 4.69) is 30.5 Å². The van der Waals surface area contributed by atoms with Crippen molar-refractivity contribution in [1.82, 2.24) is 0 Å². The van der Waals surface area contributed by atoms with Crippen LogP contribution in [-0.2, 0) is 4.79 Å². The van der Waals surface area contributed by atoms with E-state index in [1.165, 1.54) is 32.1 Å². The molecule has 116 valence electrons. The van der Waals surface area contributed by atoms with E-state index >= 15 is 0 Å². The minimum absolute atomic E-state index is 0.0685. The number of rotatable bonds is 5. The lowest BCUT2D eigenvalue weighted by atomic mass is 9.84. The molecule has 2 rings (SSSR count). The topological polar surface area (TPSA) is 41.1 Å². The SMILES string of the molecule is CCC(=O)Nc1cccc(NC2CCCC(CC)C2)c1C. The molecule has 3 heteroatoms. The van der Waals surface area contributed by atoms with Crippen molar-refractivity contribution in [2.45, 2.75) is 65.3 Å². The summed E-state index contributed by atoms with van der Waals surface area (Å²) in [5.41, 5.74) is 3.22. The van der Waals surface area contributed by atoms with Crippen LogP contribution in [0.4, 0.5) is 11.4 Å². The van der Waals surface area contributed by atoms with E-state index in [9.17, 15) is 4.79 Å². The lowest BCUT2D eigenvalue weighted by Crippen LogP contribution is -2.27. The first-order valence-electron chi connectivity index (χ1n) is 8.30. The molecule has 1 saturated carbocycles. The maximum Gasteiger partial charge on any atom is 0.224 e. The normalized spacial score (nSPS) is 21.9. The Morgan fingerprint density at radius 3 is 2.71 bits per heavy atom. The zero-order chi connectivity index (χ0) is 15.2. The first-order valence-corrected chi connectivity index (χ1v) is 8.30. The Labute approximate surface area is 128 Å². The van der Waals surface area contributed by atoms with Gasteiger partial charge in [0, 0.05) is 23.8 Å². The number of hydrogen-bond donors (Lipinski definition) is 2. The van der Waals surface area contributed by atoms with Crippen LogP contribution in [0.2, 0.25) is 0 Å². The summed E-state index contributed by atoms with van der Waals surface area (Å²) in [7, 11) is 0. The minimum atomic E-state index is 0.0685. The van der Waals surface area contributed by atoms with Crippen LogP contribution < -0.4 is 10.6 Å². The number of hydrogen-bond acceptors (Lipinski definition) is 2. The van der Waals surface area contributed by atoms with E-state index in [1.54, 1.807) is 0 Å². The van der Waals surface area contributed by atoms with Crippen LogP contribution in [0, 0.1) is 12.8 Å². The third kappa shape index (κ3) is 4.23. The molecule has 1 aliphatic carbocycles. The molecule has 0 saturated heterocycles. The molecule has 0 bridgehead atoms. The highest BCUT2D eigenvalue weighted by molar-refractivity contribution is 5.92. The van der Waals surface area contributed by atoms with Gasteiger partial charge in [-0.1, -0.05) is 39.2 Å². The van der Waals surface area contributed by atoms with Crippen molar-refractivity contribution in [3.63, 3.8) is 0 Å². The van der Waals surface area contributed by atoms with Crippen LogP contribution in [0.5, 0.6) is 0 Å². The van der Waals surface area contributed by atoms with Gasteiger partial charge in [-0.2, -0.15) is 0 Å². The maximum absolute atomic E-state index is 11.6. The molecule has 21 heavy (non-hydrogen) atoms. The first kappa shape index (κ1) is 15.9. The van der Waals surface area contributed by atoms with Gasteiger partial charge in [-0.25, -0.2) is 0 Å². The molecular formula is C18H28N2O. The molecule has 0 heterocycles. The Bertz CT molecular complexity index is 484. The van der Waals surface area contributed by atoms with Crippen molar-refractivity contribution in [1.29, 1.82) is 0 Å². The molecule has 1 fully saturated rings. The number of carbonyl (C=O) groups is 1. The third-order valence-electron chi connectivity index (χ3n) is 4.65. The van der Waals surface area contributed by atoms with Crippen LogP contribution in [0.3, 0.4) is 0 Å². The minimum Gasteiger partial charge on any atom is -0.382 e. The van der Waals surface area contributed by atoms with Gasteiger partial charge < -0.3 is 10.6 Å². The number of nitrogens with one attached hydrogen (secondary N) is 2. The Balaban J connectivity index is 2.06. The number of amides is 1.